The molecule has 4 aromatic rings. The number of anilines is 2. The molecule has 1 amide bonds. The first kappa shape index (κ1) is 19.6. The number of carbonyl (C=O) groups excluding carboxylic acids is 1. The second-order valence-corrected chi connectivity index (χ2v) is 8.65. The molecule has 0 saturated carbocycles. The predicted molar refractivity (Wildman–Crippen MR) is 122 cm³/mol. The van der Waals surface area contributed by atoms with Crippen LogP contribution in [0.5, 0.6) is 0 Å². The Morgan fingerprint density at radius 3 is 2.55 bits per heavy atom. The Kier molecular flexibility index (Phi) is 5.08. The van der Waals surface area contributed by atoms with Crippen LogP contribution >= 0.6 is 11.3 Å². The molecule has 0 spiro atoms. The molecule has 5 heterocycles. The molecular formula is C21H22N8OS. The van der Waals surface area contributed by atoms with Crippen molar-refractivity contribution in [2.24, 2.45) is 7.05 Å². The smallest absolute Gasteiger partial charge is 0.268 e. The Morgan fingerprint density at radius 1 is 0.968 bits per heavy atom. The van der Waals surface area contributed by atoms with Gasteiger partial charge in [-0.05, 0) is 24.6 Å². The summed E-state index contributed by atoms with van der Waals surface area (Å²) in [5.41, 5.74) is 1.76. The average molecular weight is 435 g/mol. The molecule has 1 fully saturated rings. The maximum Gasteiger partial charge on any atom is 0.268 e. The van der Waals surface area contributed by atoms with Gasteiger partial charge in [0, 0.05) is 62.8 Å². The minimum Gasteiger partial charge on any atom is -0.346 e. The summed E-state index contributed by atoms with van der Waals surface area (Å²) in [4.78, 5) is 31.1. The number of aryl methyl sites for hydroxylation is 1. The minimum atomic E-state index is -0.203. The summed E-state index contributed by atoms with van der Waals surface area (Å²) in [5, 5.41) is 9.83. The van der Waals surface area contributed by atoms with Gasteiger partial charge in [0.15, 0.2) is 5.13 Å². The minimum absolute atomic E-state index is 0.203. The van der Waals surface area contributed by atoms with Crippen LogP contribution in [0.1, 0.15) is 9.67 Å². The topological polar surface area (TPSA) is 92.1 Å². The summed E-state index contributed by atoms with van der Waals surface area (Å²) < 4.78 is 1.74. The average Bonchev–Trinajstić information content (AvgIpc) is 3.43. The lowest BCUT2D eigenvalue weighted by molar-refractivity contribution is 0.103. The summed E-state index contributed by atoms with van der Waals surface area (Å²) in [6, 6.07) is 3.83. The second kappa shape index (κ2) is 8.05. The number of hydrogen-bond acceptors (Lipinski definition) is 8. The van der Waals surface area contributed by atoms with Gasteiger partial charge < -0.3 is 15.1 Å². The van der Waals surface area contributed by atoms with Gasteiger partial charge in [0.2, 0.25) is 0 Å². The van der Waals surface area contributed by atoms with Crippen molar-refractivity contribution in [2.45, 2.75) is 0 Å². The molecule has 10 heteroatoms. The van der Waals surface area contributed by atoms with Crippen molar-refractivity contribution in [1.29, 1.82) is 0 Å². The third kappa shape index (κ3) is 4.12. The van der Waals surface area contributed by atoms with Crippen LogP contribution < -0.4 is 10.2 Å². The first-order chi connectivity index (χ1) is 15.0. The van der Waals surface area contributed by atoms with Crippen molar-refractivity contribution in [3.63, 3.8) is 0 Å². The predicted octanol–water partition coefficient (Wildman–Crippen LogP) is 2.49. The molecule has 0 radical (unpaired) electrons. The van der Waals surface area contributed by atoms with E-state index in [4.69, 9.17) is 0 Å². The molecule has 0 unspecified atom stereocenters. The van der Waals surface area contributed by atoms with Crippen molar-refractivity contribution in [2.75, 3.05) is 43.4 Å². The van der Waals surface area contributed by atoms with E-state index in [2.05, 4.69) is 42.2 Å². The van der Waals surface area contributed by atoms with Crippen LogP contribution in [-0.4, -0.2) is 68.8 Å². The van der Waals surface area contributed by atoms with Crippen LogP contribution in [0, 0.1) is 0 Å². The molecule has 31 heavy (non-hydrogen) atoms. The zero-order chi connectivity index (χ0) is 21.4. The Hall–Kier alpha value is -3.37. The lowest BCUT2D eigenvalue weighted by Crippen LogP contribution is -2.44. The van der Waals surface area contributed by atoms with E-state index in [1.165, 1.54) is 11.3 Å². The van der Waals surface area contributed by atoms with Crippen LogP contribution in [0.4, 0.5) is 10.9 Å². The van der Waals surface area contributed by atoms with E-state index in [1.54, 1.807) is 29.5 Å². The van der Waals surface area contributed by atoms with E-state index < -0.39 is 0 Å². The first-order valence-electron chi connectivity index (χ1n) is 10.0. The van der Waals surface area contributed by atoms with Gasteiger partial charge in [0.1, 0.15) is 10.7 Å². The highest BCUT2D eigenvalue weighted by Gasteiger charge is 2.19. The fraction of sp³-hybridized carbons (Fsp3) is 0.286. The van der Waals surface area contributed by atoms with E-state index in [1.807, 2.05) is 25.4 Å². The Balaban J connectivity index is 1.33. The maximum absolute atomic E-state index is 12.8. The monoisotopic (exact) mass is 434 g/mol. The number of aromatic nitrogens is 5. The first-order valence-corrected chi connectivity index (χ1v) is 10.8. The molecule has 5 rings (SSSR count). The molecule has 158 valence electrons. The molecule has 1 aliphatic rings. The van der Waals surface area contributed by atoms with E-state index in [0.717, 1.165) is 53.3 Å². The van der Waals surface area contributed by atoms with E-state index in [0.29, 0.717) is 10.7 Å². The lowest BCUT2D eigenvalue weighted by atomic mass is 10.1. The van der Waals surface area contributed by atoms with Gasteiger partial charge in [-0.3, -0.25) is 14.5 Å². The van der Waals surface area contributed by atoms with Crippen LogP contribution in [0.15, 0.2) is 43.1 Å². The van der Waals surface area contributed by atoms with Crippen molar-refractivity contribution in [3.8, 4) is 11.3 Å². The highest BCUT2D eigenvalue weighted by Crippen LogP contribution is 2.26. The summed E-state index contributed by atoms with van der Waals surface area (Å²) in [6.07, 6.45) is 8.83. The molecule has 1 aliphatic heterocycles. The number of nitrogens with zero attached hydrogens (tertiary/aromatic N) is 7. The van der Waals surface area contributed by atoms with E-state index in [9.17, 15) is 4.79 Å². The van der Waals surface area contributed by atoms with Crippen LogP contribution in [0.2, 0.25) is 0 Å². The molecule has 1 saturated heterocycles. The maximum atomic E-state index is 12.8. The number of piperazine rings is 1. The molecule has 0 aromatic carbocycles. The summed E-state index contributed by atoms with van der Waals surface area (Å²) in [7, 11) is 3.99. The standard InChI is InChI=1S/C21H22N8OS/c1-27-3-5-29(6-4-27)21-24-12-18(31-21)20(30)26-19-8-14-7-17(16-11-25-28(2)13-16)22-9-15(14)10-23-19/h7-13H,3-6H2,1-2H3,(H,23,26,30). The Morgan fingerprint density at radius 2 is 1.77 bits per heavy atom. The van der Waals surface area contributed by atoms with Crippen molar-refractivity contribution in [1.82, 2.24) is 29.6 Å². The zero-order valence-corrected chi connectivity index (χ0v) is 18.1. The summed E-state index contributed by atoms with van der Waals surface area (Å²) >= 11 is 1.41. The number of fused-ring (bicyclic) bond motifs is 1. The molecule has 4 aromatic heterocycles. The van der Waals surface area contributed by atoms with E-state index in [-0.39, 0.29) is 5.91 Å². The van der Waals surface area contributed by atoms with Crippen molar-refractivity contribution >= 4 is 39.0 Å². The van der Waals surface area contributed by atoms with Gasteiger partial charge in [0.25, 0.3) is 5.91 Å². The highest BCUT2D eigenvalue weighted by atomic mass is 32.1. The van der Waals surface area contributed by atoms with Gasteiger partial charge in [-0.15, -0.1) is 0 Å². The molecular weight excluding hydrogens is 412 g/mol. The van der Waals surface area contributed by atoms with Crippen LogP contribution in [-0.2, 0) is 7.05 Å². The van der Waals surface area contributed by atoms with Crippen LogP contribution in [0.25, 0.3) is 22.0 Å². The van der Waals surface area contributed by atoms with Gasteiger partial charge >= 0.3 is 0 Å². The van der Waals surface area contributed by atoms with E-state index >= 15 is 0 Å². The number of amides is 1. The largest absolute Gasteiger partial charge is 0.346 e. The normalized spacial score (nSPS) is 14.8. The highest BCUT2D eigenvalue weighted by molar-refractivity contribution is 7.17. The van der Waals surface area contributed by atoms with Crippen LogP contribution in [0.3, 0.4) is 0 Å². The Labute approximate surface area is 183 Å². The number of thiazole rings is 1. The van der Waals surface area contributed by atoms with Crippen molar-refractivity contribution < 1.29 is 4.79 Å². The lowest BCUT2D eigenvalue weighted by Gasteiger charge is -2.32. The third-order valence-corrected chi connectivity index (χ3v) is 6.39. The zero-order valence-electron chi connectivity index (χ0n) is 17.3. The van der Waals surface area contributed by atoms with Gasteiger partial charge in [-0.2, -0.15) is 5.10 Å². The van der Waals surface area contributed by atoms with Crippen molar-refractivity contribution in [3.05, 3.63) is 48.0 Å². The van der Waals surface area contributed by atoms with Gasteiger partial charge in [-0.25, -0.2) is 9.97 Å². The Bertz CT molecular complexity index is 1240. The number of rotatable bonds is 4. The molecule has 9 nitrogen and oxygen atoms in total. The van der Waals surface area contributed by atoms with Gasteiger partial charge in [0.05, 0.1) is 18.1 Å². The van der Waals surface area contributed by atoms with Gasteiger partial charge in [-0.1, -0.05) is 11.3 Å². The SMILES string of the molecule is CN1CCN(c2ncc(C(=O)Nc3cc4cc(-c5cnn(C)c5)ncc4cn3)s2)CC1. The number of likely N-dealkylation sites (N-methyl/N-ethyl adjacent to an activating group) is 1. The molecule has 0 bridgehead atoms. The number of pyridine rings is 2. The summed E-state index contributed by atoms with van der Waals surface area (Å²) in [5.74, 6) is 0.293. The number of nitrogens with one attached hydrogen (secondary N) is 1. The molecule has 1 N–H and O–H groups in total. The third-order valence-electron chi connectivity index (χ3n) is 5.34. The molecule has 0 aliphatic carbocycles. The molecule has 0 atom stereocenters. The quantitative estimate of drug-likeness (QED) is 0.528. The number of hydrogen-bond donors (Lipinski definition) is 1. The second-order valence-electron chi connectivity index (χ2n) is 7.64. The fourth-order valence-electron chi connectivity index (χ4n) is 3.51. The summed E-state index contributed by atoms with van der Waals surface area (Å²) in [6.45, 7) is 3.84. The number of carbonyl (C=O) groups is 1. The fourth-order valence-corrected chi connectivity index (χ4v) is 4.37.